The van der Waals surface area contributed by atoms with Crippen LogP contribution in [-0.2, 0) is 16.1 Å². The molecule has 2 aromatic rings. The molecule has 1 amide bonds. The first kappa shape index (κ1) is 15.6. The van der Waals surface area contributed by atoms with Crippen LogP contribution in [0.25, 0.3) is 0 Å². The van der Waals surface area contributed by atoms with Crippen molar-refractivity contribution in [3.8, 4) is 0 Å². The van der Waals surface area contributed by atoms with Gasteiger partial charge in [-0.15, -0.1) is 16.4 Å². The standard InChI is InChI=1S/C16H14ClN3O2S/c1-10-6-7-23-15(10)16-20-19-14(22-16)8-13(21)18-9-11-2-4-12(17)5-3-11/h2-8,19H,9H2,1H3,(H,18,21). The van der Waals surface area contributed by atoms with Gasteiger partial charge in [0.05, 0.1) is 11.0 Å². The van der Waals surface area contributed by atoms with Crippen molar-refractivity contribution in [1.29, 1.82) is 0 Å². The third kappa shape index (κ3) is 3.91. The van der Waals surface area contributed by atoms with E-state index >= 15 is 0 Å². The molecule has 0 bridgehead atoms. The molecule has 0 saturated carbocycles. The van der Waals surface area contributed by atoms with E-state index in [2.05, 4.69) is 15.8 Å². The highest BCUT2D eigenvalue weighted by Gasteiger charge is 2.19. The molecule has 0 radical (unpaired) electrons. The molecule has 2 heterocycles. The molecule has 5 nitrogen and oxygen atoms in total. The summed E-state index contributed by atoms with van der Waals surface area (Å²) in [6.45, 7) is 2.40. The van der Waals surface area contributed by atoms with E-state index in [4.69, 9.17) is 16.3 Å². The SMILES string of the molecule is Cc1ccsc1C1=NNC(=CC(=O)NCc2ccc(Cl)cc2)O1. The van der Waals surface area contributed by atoms with Crippen LogP contribution >= 0.6 is 22.9 Å². The Morgan fingerprint density at radius 2 is 2.17 bits per heavy atom. The van der Waals surface area contributed by atoms with E-state index in [0.29, 0.717) is 23.3 Å². The summed E-state index contributed by atoms with van der Waals surface area (Å²) >= 11 is 7.36. The van der Waals surface area contributed by atoms with Crippen LogP contribution in [0.2, 0.25) is 5.02 Å². The van der Waals surface area contributed by atoms with Crippen LogP contribution in [0.4, 0.5) is 0 Å². The minimum atomic E-state index is -0.262. The van der Waals surface area contributed by atoms with Crippen LogP contribution in [-0.4, -0.2) is 11.8 Å². The van der Waals surface area contributed by atoms with Gasteiger partial charge in [-0.05, 0) is 41.6 Å². The molecule has 0 atom stereocenters. The number of rotatable bonds is 4. The van der Waals surface area contributed by atoms with Gasteiger partial charge >= 0.3 is 0 Å². The number of amides is 1. The van der Waals surface area contributed by atoms with E-state index in [9.17, 15) is 4.79 Å². The number of hydrazone groups is 1. The molecule has 2 N–H and O–H groups in total. The van der Waals surface area contributed by atoms with Gasteiger partial charge in [0.15, 0.2) is 0 Å². The average Bonchev–Trinajstić information content (AvgIpc) is 3.15. The molecular formula is C16H14ClN3O2S. The zero-order valence-corrected chi connectivity index (χ0v) is 13.9. The molecule has 118 valence electrons. The van der Waals surface area contributed by atoms with E-state index in [0.717, 1.165) is 16.0 Å². The quantitative estimate of drug-likeness (QED) is 0.835. The minimum Gasteiger partial charge on any atom is -0.418 e. The molecule has 1 aromatic carbocycles. The van der Waals surface area contributed by atoms with Gasteiger partial charge in [-0.1, -0.05) is 23.7 Å². The number of carbonyl (C=O) groups is 1. The lowest BCUT2D eigenvalue weighted by Crippen LogP contribution is -2.22. The number of aryl methyl sites for hydroxylation is 1. The van der Waals surface area contributed by atoms with Gasteiger partial charge in [0.2, 0.25) is 11.8 Å². The third-order valence-electron chi connectivity index (χ3n) is 3.17. The summed E-state index contributed by atoms with van der Waals surface area (Å²) in [7, 11) is 0. The van der Waals surface area contributed by atoms with Crippen molar-refractivity contribution >= 4 is 34.7 Å². The van der Waals surface area contributed by atoms with Crippen molar-refractivity contribution in [2.45, 2.75) is 13.5 Å². The monoisotopic (exact) mass is 347 g/mol. The fourth-order valence-corrected chi connectivity index (χ4v) is 2.94. The number of hydrogen-bond acceptors (Lipinski definition) is 5. The van der Waals surface area contributed by atoms with Crippen LogP contribution < -0.4 is 10.7 Å². The number of nitrogens with one attached hydrogen (secondary N) is 2. The summed E-state index contributed by atoms with van der Waals surface area (Å²) < 4.78 is 5.56. The maximum Gasteiger partial charge on any atom is 0.255 e. The van der Waals surface area contributed by atoms with Crippen LogP contribution in [0.5, 0.6) is 0 Å². The van der Waals surface area contributed by atoms with E-state index in [1.54, 1.807) is 23.5 Å². The van der Waals surface area contributed by atoms with Crippen molar-refractivity contribution in [1.82, 2.24) is 10.7 Å². The highest BCUT2D eigenvalue weighted by molar-refractivity contribution is 7.12. The van der Waals surface area contributed by atoms with Gasteiger partial charge in [0, 0.05) is 11.6 Å². The second-order valence-electron chi connectivity index (χ2n) is 4.92. The Bertz CT molecular complexity index is 781. The van der Waals surface area contributed by atoms with E-state index in [1.165, 1.54) is 6.08 Å². The molecule has 0 spiro atoms. The normalized spacial score (nSPS) is 15.0. The highest BCUT2D eigenvalue weighted by Crippen LogP contribution is 2.20. The Morgan fingerprint density at radius 3 is 2.87 bits per heavy atom. The first-order chi connectivity index (χ1) is 11.1. The van der Waals surface area contributed by atoms with Crippen molar-refractivity contribution < 1.29 is 9.53 Å². The molecule has 0 fully saturated rings. The molecule has 0 saturated heterocycles. The lowest BCUT2D eigenvalue weighted by molar-refractivity contribution is -0.116. The van der Waals surface area contributed by atoms with Crippen molar-refractivity contribution in [3.05, 3.63) is 68.7 Å². The first-order valence-corrected chi connectivity index (χ1v) is 8.17. The molecular weight excluding hydrogens is 334 g/mol. The molecule has 23 heavy (non-hydrogen) atoms. The molecule has 3 rings (SSSR count). The number of halogens is 1. The summed E-state index contributed by atoms with van der Waals surface area (Å²) in [5.74, 6) is 0.525. The van der Waals surface area contributed by atoms with Crippen LogP contribution in [0.15, 0.2) is 52.8 Å². The Morgan fingerprint density at radius 1 is 1.39 bits per heavy atom. The van der Waals surface area contributed by atoms with Crippen molar-refractivity contribution in [3.63, 3.8) is 0 Å². The number of nitrogens with zero attached hydrogens (tertiary/aromatic N) is 1. The highest BCUT2D eigenvalue weighted by atomic mass is 35.5. The Hall–Kier alpha value is -2.31. The summed E-state index contributed by atoms with van der Waals surface area (Å²) in [4.78, 5) is 12.9. The number of benzene rings is 1. The zero-order chi connectivity index (χ0) is 16.2. The number of ether oxygens (including phenoxy) is 1. The molecule has 1 aliphatic rings. The molecule has 0 aliphatic carbocycles. The van der Waals surface area contributed by atoms with E-state index in [-0.39, 0.29) is 5.91 Å². The summed E-state index contributed by atoms with van der Waals surface area (Å²) in [5.41, 5.74) is 4.77. The fraction of sp³-hybridized carbons (Fsp3) is 0.125. The van der Waals surface area contributed by atoms with E-state index in [1.807, 2.05) is 30.5 Å². The second kappa shape index (κ2) is 6.85. The summed E-state index contributed by atoms with van der Waals surface area (Å²) in [6, 6.07) is 9.29. The zero-order valence-electron chi connectivity index (χ0n) is 12.3. The van der Waals surface area contributed by atoms with Gasteiger partial charge in [0.1, 0.15) is 0 Å². The lowest BCUT2D eigenvalue weighted by Gasteiger charge is -2.04. The van der Waals surface area contributed by atoms with E-state index < -0.39 is 0 Å². The van der Waals surface area contributed by atoms with Crippen LogP contribution in [0, 0.1) is 6.92 Å². The maximum atomic E-state index is 11.9. The Balaban J connectivity index is 1.55. The predicted octanol–water partition coefficient (Wildman–Crippen LogP) is 3.15. The number of carbonyl (C=O) groups excluding carboxylic acids is 1. The molecule has 7 heteroatoms. The Labute approximate surface area is 142 Å². The summed E-state index contributed by atoms with van der Waals surface area (Å²) in [5, 5.41) is 9.51. The first-order valence-electron chi connectivity index (χ1n) is 6.92. The minimum absolute atomic E-state index is 0.262. The summed E-state index contributed by atoms with van der Waals surface area (Å²) in [6.07, 6.45) is 1.34. The van der Waals surface area contributed by atoms with Gasteiger partial charge in [-0.2, -0.15) is 0 Å². The lowest BCUT2D eigenvalue weighted by atomic mass is 10.2. The van der Waals surface area contributed by atoms with Crippen molar-refractivity contribution in [2.75, 3.05) is 0 Å². The molecule has 0 unspecified atom stereocenters. The van der Waals surface area contributed by atoms with Gasteiger partial charge < -0.3 is 10.1 Å². The van der Waals surface area contributed by atoms with Crippen LogP contribution in [0.3, 0.4) is 0 Å². The average molecular weight is 348 g/mol. The van der Waals surface area contributed by atoms with Gasteiger partial charge in [-0.3, -0.25) is 4.79 Å². The Kier molecular flexibility index (Phi) is 4.64. The number of hydrogen-bond donors (Lipinski definition) is 2. The molecule has 1 aromatic heterocycles. The fourth-order valence-electron chi connectivity index (χ4n) is 1.97. The maximum absolute atomic E-state index is 11.9. The topological polar surface area (TPSA) is 62.7 Å². The smallest absolute Gasteiger partial charge is 0.255 e. The predicted molar refractivity (Wildman–Crippen MR) is 91.2 cm³/mol. The van der Waals surface area contributed by atoms with Gasteiger partial charge in [0.25, 0.3) is 5.90 Å². The largest absolute Gasteiger partial charge is 0.418 e. The van der Waals surface area contributed by atoms with Crippen molar-refractivity contribution in [2.24, 2.45) is 5.10 Å². The second-order valence-corrected chi connectivity index (χ2v) is 6.27. The van der Waals surface area contributed by atoms with Crippen LogP contribution in [0.1, 0.15) is 16.0 Å². The third-order valence-corrected chi connectivity index (χ3v) is 4.43. The van der Waals surface area contributed by atoms with Gasteiger partial charge in [-0.25, -0.2) is 5.43 Å². The molecule has 1 aliphatic heterocycles. The number of thiophene rings is 1.